The SMILES string of the molecule is CC1(C)CN=C(SCC2=CSC3=NCCCN23)N1.Cl.Cl. The maximum atomic E-state index is 4.54. The fraction of sp³-hybridized carbons (Fsp3) is 0.667. The number of hydrogen-bond donors (Lipinski definition) is 1. The first kappa shape index (κ1) is 18.0. The number of nitrogens with one attached hydrogen (secondary N) is 1. The average molecular weight is 355 g/mol. The van der Waals surface area contributed by atoms with E-state index in [4.69, 9.17) is 0 Å². The van der Waals surface area contributed by atoms with Crippen LogP contribution in [0, 0.1) is 0 Å². The molecule has 0 unspecified atom stereocenters. The van der Waals surface area contributed by atoms with Crippen molar-refractivity contribution in [3.8, 4) is 0 Å². The van der Waals surface area contributed by atoms with Crippen LogP contribution < -0.4 is 5.32 Å². The lowest BCUT2D eigenvalue weighted by atomic mass is 10.1. The second kappa shape index (κ2) is 7.29. The van der Waals surface area contributed by atoms with Crippen LogP contribution >= 0.6 is 48.3 Å². The topological polar surface area (TPSA) is 40.0 Å². The Morgan fingerprint density at radius 1 is 1.40 bits per heavy atom. The maximum Gasteiger partial charge on any atom is 0.167 e. The quantitative estimate of drug-likeness (QED) is 0.827. The molecule has 1 N–H and O–H groups in total. The van der Waals surface area contributed by atoms with E-state index < -0.39 is 0 Å². The molecule has 8 heteroatoms. The largest absolute Gasteiger partial charge is 0.358 e. The molecule has 0 aromatic rings. The molecule has 0 radical (unpaired) electrons. The molecule has 0 fully saturated rings. The molecule has 0 atom stereocenters. The summed E-state index contributed by atoms with van der Waals surface area (Å²) in [5.74, 6) is 0.980. The molecule has 0 aromatic heterocycles. The van der Waals surface area contributed by atoms with Gasteiger partial charge in [-0.15, -0.1) is 24.8 Å². The Morgan fingerprint density at radius 3 is 2.90 bits per heavy atom. The van der Waals surface area contributed by atoms with E-state index >= 15 is 0 Å². The van der Waals surface area contributed by atoms with Gasteiger partial charge in [0.1, 0.15) is 0 Å². The summed E-state index contributed by atoms with van der Waals surface area (Å²) in [6.45, 7) is 7.34. The summed E-state index contributed by atoms with van der Waals surface area (Å²) in [7, 11) is 0. The van der Waals surface area contributed by atoms with Crippen LogP contribution in [0.1, 0.15) is 20.3 Å². The molecule has 20 heavy (non-hydrogen) atoms. The minimum Gasteiger partial charge on any atom is -0.358 e. The molecular weight excluding hydrogens is 335 g/mol. The molecule has 0 aromatic carbocycles. The number of hydrogen-bond acceptors (Lipinski definition) is 6. The summed E-state index contributed by atoms with van der Waals surface area (Å²) in [4.78, 5) is 11.4. The van der Waals surface area contributed by atoms with Crippen molar-refractivity contribution in [1.29, 1.82) is 0 Å². The fourth-order valence-electron chi connectivity index (χ4n) is 2.11. The molecule has 3 heterocycles. The lowest BCUT2D eigenvalue weighted by Gasteiger charge is -2.25. The molecular formula is C12H20Cl2N4S2. The molecule has 0 amide bonds. The number of halogens is 2. The molecule has 0 bridgehead atoms. The van der Waals surface area contributed by atoms with Crippen molar-refractivity contribution >= 4 is 58.7 Å². The normalized spacial score (nSPS) is 22.7. The minimum atomic E-state index is 0. The smallest absolute Gasteiger partial charge is 0.167 e. The van der Waals surface area contributed by atoms with Crippen molar-refractivity contribution in [2.75, 3.05) is 25.4 Å². The molecule has 4 nitrogen and oxygen atoms in total. The van der Waals surface area contributed by atoms with Crippen molar-refractivity contribution < 1.29 is 0 Å². The van der Waals surface area contributed by atoms with Gasteiger partial charge in [0.15, 0.2) is 10.3 Å². The number of rotatable bonds is 2. The van der Waals surface area contributed by atoms with E-state index in [1.165, 1.54) is 10.9 Å². The zero-order chi connectivity index (χ0) is 12.6. The van der Waals surface area contributed by atoms with E-state index in [0.717, 1.165) is 37.0 Å². The van der Waals surface area contributed by atoms with E-state index in [9.17, 15) is 0 Å². The monoisotopic (exact) mass is 354 g/mol. The Labute approximate surface area is 141 Å². The molecule has 3 aliphatic heterocycles. The summed E-state index contributed by atoms with van der Waals surface area (Å²) in [6, 6.07) is 0. The van der Waals surface area contributed by atoms with Gasteiger partial charge in [-0.25, -0.2) is 0 Å². The Bertz CT molecular complexity index is 449. The van der Waals surface area contributed by atoms with Crippen LogP contribution in [0.15, 0.2) is 21.1 Å². The van der Waals surface area contributed by atoms with Crippen LogP contribution in [0.4, 0.5) is 0 Å². The summed E-state index contributed by atoms with van der Waals surface area (Å²) >= 11 is 3.56. The van der Waals surface area contributed by atoms with Gasteiger partial charge < -0.3 is 10.2 Å². The molecule has 3 aliphatic rings. The van der Waals surface area contributed by atoms with Crippen molar-refractivity contribution in [2.24, 2.45) is 9.98 Å². The van der Waals surface area contributed by atoms with E-state index in [2.05, 4.69) is 39.5 Å². The lowest BCUT2D eigenvalue weighted by Crippen LogP contribution is -2.38. The maximum absolute atomic E-state index is 4.54. The predicted molar refractivity (Wildman–Crippen MR) is 95.8 cm³/mol. The van der Waals surface area contributed by atoms with Gasteiger partial charge >= 0.3 is 0 Å². The van der Waals surface area contributed by atoms with Crippen LogP contribution in [0.5, 0.6) is 0 Å². The second-order valence-corrected chi connectivity index (χ2v) is 7.12. The first-order chi connectivity index (χ1) is 8.64. The average Bonchev–Trinajstić information content (AvgIpc) is 2.90. The molecule has 0 saturated heterocycles. The molecule has 0 spiro atoms. The van der Waals surface area contributed by atoms with Crippen molar-refractivity contribution in [2.45, 2.75) is 25.8 Å². The van der Waals surface area contributed by atoms with E-state index in [-0.39, 0.29) is 30.4 Å². The number of thioether (sulfide) groups is 2. The highest BCUT2D eigenvalue weighted by molar-refractivity contribution is 8.17. The summed E-state index contributed by atoms with van der Waals surface area (Å²) in [5.41, 5.74) is 1.50. The van der Waals surface area contributed by atoms with Gasteiger partial charge in [-0.3, -0.25) is 9.98 Å². The lowest BCUT2D eigenvalue weighted by molar-refractivity contribution is 0.491. The predicted octanol–water partition coefficient (Wildman–Crippen LogP) is 2.95. The van der Waals surface area contributed by atoms with Gasteiger partial charge in [0.05, 0.1) is 12.1 Å². The molecule has 0 saturated carbocycles. The van der Waals surface area contributed by atoms with Crippen LogP contribution in [-0.4, -0.2) is 46.2 Å². The van der Waals surface area contributed by atoms with Crippen LogP contribution in [0.2, 0.25) is 0 Å². The number of aliphatic imine (C=N–C) groups is 2. The molecule has 0 aliphatic carbocycles. The van der Waals surface area contributed by atoms with E-state index in [1.54, 1.807) is 23.5 Å². The number of fused-ring (bicyclic) bond motifs is 1. The first-order valence-corrected chi connectivity index (χ1v) is 8.14. The third-order valence-corrected chi connectivity index (χ3v) is 4.98. The number of nitrogens with zero attached hydrogens (tertiary/aromatic N) is 3. The minimum absolute atomic E-state index is 0. The van der Waals surface area contributed by atoms with Crippen LogP contribution in [-0.2, 0) is 0 Å². The van der Waals surface area contributed by atoms with Gasteiger partial charge in [-0.1, -0.05) is 23.5 Å². The van der Waals surface area contributed by atoms with Gasteiger partial charge in [-0.05, 0) is 25.7 Å². The zero-order valence-corrected chi connectivity index (χ0v) is 14.9. The Hall–Kier alpha value is -0.0400. The van der Waals surface area contributed by atoms with Crippen LogP contribution in [0.3, 0.4) is 0 Å². The van der Waals surface area contributed by atoms with Gasteiger partial charge in [-0.2, -0.15) is 0 Å². The third kappa shape index (κ3) is 4.00. The zero-order valence-electron chi connectivity index (χ0n) is 11.6. The van der Waals surface area contributed by atoms with Crippen molar-refractivity contribution in [3.63, 3.8) is 0 Å². The fourth-order valence-corrected chi connectivity index (χ4v) is 4.20. The number of amidine groups is 2. The highest BCUT2D eigenvalue weighted by atomic mass is 35.5. The van der Waals surface area contributed by atoms with E-state index in [1.807, 2.05) is 0 Å². The van der Waals surface area contributed by atoms with Gasteiger partial charge in [0, 0.05) is 24.5 Å². The third-order valence-electron chi connectivity index (χ3n) is 3.08. The highest BCUT2D eigenvalue weighted by Gasteiger charge is 2.28. The molecule has 114 valence electrons. The highest BCUT2D eigenvalue weighted by Crippen LogP contribution is 2.31. The summed E-state index contributed by atoms with van der Waals surface area (Å²) in [5, 5.41) is 7.95. The van der Waals surface area contributed by atoms with Crippen molar-refractivity contribution in [3.05, 3.63) is 11.1 Å². The van der Waals surface area contributed by atoms with E-state index in [0.29, 0.717) is 0 Å². The first-order valence-electron chi connectivity index (χ1n) is 6.27. The Morgan fingerprint density at radius 2 is 2.20 bits per heavy atom. The summed E-state index contributed by atoms with van der Waals surface area (Å²) < 4.78 is 0. The Balaban J connectivity index is 0.000001000. The van der Waals surface area contributed by atoms with Crippen LogP contribution in [0.25, 0.3) is 0 Å². The van der Waals surface area contributed by atoms with Crippen molar-refractivity contribution in [1.82, 2.24) is 10.2 Å². The van der Waals surface area contributed by atoms with Gasteiger partial charge in [0.2, 0.25) is 0 Å². The molecule has 3 rings (SSSR count). The van der Waals surface area contributed by atoms with Gasteiger partial charge in [0.25, 0.3) is 0 Å². The standard InChI is InChI=1S/C12H18N4S2.2ClH/c1-12(2)8-14-10(15-12)17-6-9-7-18-11-13-4-3-5-16(9)11;;/h7H,3-6,8H2,1-2H3,(H,14,15);2*1H. The second-order valence-electron chi connectivity index (χ2n) is 5.32. The Kier molecular flexibility index (Phi) is 6.57. The summed E-state index contributed by atoms with van der Waals surface area (Å²) in [6.07, 6.45) is 1.16.